The second-order valence-electron chi connectivity index (χ2n) is 5.68. The van der Waals surface area contributed by atoms with Crippen molar-refractivity contribution >= 4 is 44.7 Å². The number of halogens is 1. The molecule has 0 unspecified atom stereocenters. The van der Waals surface area contributed by atoms with Crippen LogP contribution in [0.1, 0.15) is 10.4 Å². The molecule has 10 nitrogen and oxygen atoms in total. The summed E-state index contributed by atoms with van der Waals surface area (Å²) in [7, 11) is -2.30. The van der Waals surface area contributed by atoms with Crippen LogP contribution in [0, 0.1) is 10.1 Å². The number of esters is 1. The number of nitro benzene ring substituents is 1. The molecule has 0 saturated carbocycles. The SMILES string of the molecule is COc1cc([N+](=O)[O-])ccc1NC(=O)COC(=O)c1cc(S(C)(=O)=O)ccc1Cl. The molecule has 1 amide bonds. The van der Waals surface area contributed by atoms with Gasteiger partial charge >= 0.3 is 5.97 Å². The number of amides is 1. The van der Waals surface area contributed by atoms with Gasteiger partial charge in [-0.1, -0.05) is 11.6 Å². The van der Waals surface area contributed by atoms with E-state index in [0.29, 0.717) is 0 Å². The Morgan fingerprint density at radius 3 is 2.48 bits per heavy atom. The van der Waals surface area contributed by atoms with Crippen LogP contribution in [-0.2, 0) is 19.4 Å². The molecule has 0 aliphatic heterocycles. The van der Waals surface area contributed by atoms with Crippen LogP contribution in [0.3, 0.4) is 0 Å². The van der Waals surface area contributed by atoms with Crippen LogP contribution >= 0.6 is 11.6 Å². The van der Waals surface area contributed by atoms with E-state index < -0.39 is 33.2 Å². The van der Waals surface area contributed by atoms with Gasteiger partial charge in [-0.15, -0.1) is 0 Å². The Hall–Kier alpha value is -3.18. The molecule has 2 aromatic carbocycles. The summed E-state index contributed by atoms with van der Waals surface area (Å²) < 4.78 is 33.1. The normalized spacial score (nSPS) is 10.9. The van der Waals surface area contributed by atoms with Gasteiger partial charge in [0.1, 0.15) is 5.75 Å². The number of rotatable bonds is 7. The van der Waals surface area contributed by atoms with E-state index in [9.17, 15) is 28.1 Å². The highest BCUT2D eigenvalue weighted by Gasteiger charge is 2.19. The van der Waals surface area contributed by atoms with Crippen LogP contribution in [0.15, 0.2) is 41.3 Å². The predicted molar refractivity (Wildman–Crippen MR) is 103 cm³/mol. The summed E-state index contributed by atoms with van der Waals surface area (Å²) in [4.78, 5) is 34.2. The van der Waals surface area contributed by atoms with Crippen molar-refractivity contribution in [2.45, 2.75) is 4.90 Å². The number of non-ortho nitro benzene ring substituents is 1. The van der Waals surface area contributed by atoms with Gasteiger partial charge in [0.15, 0.2) is 16.4 Å². The smallest absolute Gasteiger partial charge is 0.340 e. The molecule has 0 bridgehead atoms. The van der Waals surface area contributed by atoms with Crippen molar-refractivity contribution in [3.05, 3.63) is 57.1 Å². The summed E-state index contributed by atoms with van der Waals surface area (Å²) in [5, 5.41) is 13.1. The maximum absolute atomic E-state index is 12.2. The number of nitrogens with one attached hydrogen (secondary N) is 1. The monoisotopic (exact) mass is 442 g/mol. The Morgan fingerprint density at radius 2 is 1.90 bits per heavy atom. The summed E-state index contributed by atoms with van der Waals surface area (Å²) in [6.07, 6.45) is 0.969. The first-order valence-corrected chi connectivity index (χ1v) is 10.1. The standard InChI is InChI=1S/C17H15ClN2O8S/c1-27-15-7-10(20(23)24)3-6-14(15)19-16(21)9-28-17(22)12-8-11(29(2,25)26)4-5-13(12)18/h3-8H,9H2,1-2H3,(H,19,21). The van der Waals surface area contributed by atoms with E-state index in [1.54, 1.807) is 0 Å². The minimum Gasteiger partial charge on any atom is -0.494 e. The zero-order chi connectivity index (χ0) is 21.8. The molecular formula is C17H15ClN2O8S. The number of ether oxygens (including phenoxy) is 2. The van der Waals surface area contributed by atoms with Gasteiger partial charge in [-0.25, -0.2) is 13.2 Å². The second-order valence-corrected chi connectivity index (χ2v) is 8.10. The van der Waals surface area contributed by atoms with Crippen molar-refractivity contribution < 1.29 is 32.4 Å². The van der Waals surface area contributed by atoms with E-state index in [4.69, 9.17) is 21.1 Å². The third-order valence-electron chi connectivity index (χ3n) is 3.59. The van der Waals surface area contributed by atoms with Crippen LogP contribution in [0.5, 0.6) is 5.75 Å². The highest BCUT2D eigenvalue weighted by atomic mass is 35.5. The van der Waals surface area contributed by atoms with Crippen molar-refractivity contribution in [1.82, 2.24) is 0 Å². The van der Waals surface area contributed by atoms with Gasteiger partial charge in [0.05, 0.1) is 39.3 Å². The molecule has 0 fully saturated rings. The number of carbonyl (C=O) groups is 2. The minimum absolute atomic E-state index is 0.0418. The van der Waals surface area contributed by atoms with E-state index >= 15 is 0 Å². The van der Waals surface area contributed by atoms with Gasteiger partial charge in [0, 0.05) is 12.3 Å². The minimum atomic E-state index is -3.57. The van der Waals surface area contributed by atoms with E-state index in [1.165, 1.54) is 31.4 Å². The number of nitrogens with zero attached hydrogens (tertiary/aromatic N) is 1. The Balaban J connectivity index is 2.08. The predicted octanol–water partition coefficient (Wildman–Crippen LogP) is 2.46. The van der Waals surface area contributed by atoms with Gasteiger partial charge in [-0.05, 0) is 24.3 Å². The molecule has 0 heterocycles. The highest BCUT2D eigenvalue weighted by Crippen LogP contribution is 2.29. The number of hydrogen-bond acceptors (Lipinski definition) is 8. The largest absolute Gasteiger partial charge is 0.494 e. The first kappa shape index (κ1) is 22.1. The van der Waals surface area contributed by atoms with Crippen molar-refractivity contribution in [2.75, 3.05) is 25.3 Å². The van der Waals surface area contributed by atoms with Crippen molar-refractivity contribution in [2.24, 2.45) is 0 Å². The van der Waals surface area contributed by atoms with E-state index in [0.717, 1.165) is 18.4 Å². The molecule has 0 atom stereocenters. The second kappa shape index (κ2) is 8.88. The Kier molecular flexibility index (Phi) is 6.77. The molecule has 0 spiro atoms. The summed E-state index contributed by atoms with van der Waals surface area (Å²) in [6.45, 7) is -0.710. The van der Waals surface area contributed by atoms with Gasteiger partial charge in [-0.2, -0.15) is 0 Å². The lowest BCUT2D eigenvalue weighted by molar-refractivity contribution is -0.384. The third kappa shape index (κ3) is 5.65. The van der Waals surface area contributed by atoms with Crippen LogP contribution in [0.25, 0.3) is 0 Å². The quantitative estimate of drug-likeness (QED) is 0.391. The molecular weight excluding hydrogens is 428 g/mol. The summed E-state index contributed by atoms with van der Waals surface area (Å²) >= 11 is 5.90. The highest BCUT2D eigenvalue weighted by molar-refractivity contribution is 7.90. The first-order chi connectivity index (χ1) is 13.5. The van der Waals surface area contributed by atoms with Gasteiger partial charge in [0.2, 0.25) is 0 Å². The molecule has 154 valence electrons. The lowest BCUT2D eigenvalue weighted by Gasteiger charge is -2.11. The van der Waals surface area contributed by atoms with Gasteiger partial charge in [-0.3, -0.25) is 14.9 Å². The number of nitro groups is 1. The molecule has 29 heavy (non-hydrogen) atoms. The summed E-state index contributed by atoms with van der Waals surface area (Å²) in [6, 6.07) is 7.08. The van der Waals surface area contributed by atoms with Crippen molar-refractivity contribution in [3.8, 4) is 5.75 Å². The van der Waals surface area contributed by atoms with Crippen LogP contribution in [0.4, 0.5) is 11.4 Å². The van der Waals surface area contributed by atoms with Crippen LogP contribution in [-0.4, -0.2) is 45.2 Å². The first-order valence-electron chi connectivity index (χ1n) is 7.82. The zero-order valence-corrected chi connectivity index (χ0v) is 16.7. The number of sulfone groups is 1. The van der Waals surface area contributed by atoms with Gasteiger partial charge in [0.25, 0.3) is 11.6 Å². The summed E-state index contributed by atoms with van der Waals surface area (Å²) in [5.41, 5.74) is -0.307. The molecule has 2 rings (SSSR count). The Morgan fingerprint density at radius 1 is 1.21 bits per heavy atom. The van der Waals surface area contributed by atoms with Gasteiger partial charge < -0.3 is 14.8 Å². The zero-order valence-electron chi connectivity index (χ0n) is 15.2. The number of benzene rings is 2. The van der Waals surface area contributed by atoms with Crippen molar-refractivity contribution in [3.63, 3.8) is 0 Å². The fourth-order valence-electron chi connectivity index (χ4n) is 2.18. The molecule has 0 radical (unpaired) electrons. The Bertz CT molecular complexity index is 1080. The average molecular weight is 443 g/mol. The molecule has 0 aliphatic rings. The molecule has 2 aromatic rings. The lowest BCUT2D eigenvalue weighted by Crippen LogP contribution is -2.21. The van der Waals surface area contributed by atoms with E-state index in [2.05, 4.69) is 5.32 Å². The number of hydrogen-bond donors (Lipinski definition) is 1. The fourth-order valence-corrected chi connectivity index (χ4v) is 3.03. The third-order valence-corrected chi connectivity index (χ3v) is 5.03. The maximum atomic E-state index is 12.2. The van der Waals surface area contributed by atoms with E-state index in [1.807, 2.05) is 0 Å². The fraction of sp³-hybridized carbons (Fsp3) is 0.176. The van der Waals surface area contributed by atoms with Crippen LogP contribution in [0.2, 0.25) is 5.02 Å². The summed E-state index contributed by atoms with van der Waals surface area (Å²) in [5.74, 6) is -1.70. The number of methoxy groups -OCH3 is 1. The molecule has 1 N–H and O–H groups in total. The van der Waals surface area contributed by atoms with Crippen molar-refractivity contribution in [1.29, 1.82) is 0 Å². The molecule has 0 aromatic heterocycles. The Labute approximate surface area is 170 Å². The number of carbonyl (C=O) groups excluding carboxylic acids is 2. The number of anilines is 1. The molecule has 0 aliphatic carbocycles. The maximum Gasteiger partial charge on any atom is 0.340 e. The average Bonchev–Trinajstić information content (AvgIpc) is 2.65. The van der Waals surface area contributed by atoms with Crippen LogP contribution < -0.4 is 10.1 Å². The topological polar surface area (TPSA) is 142 Å². The lowest BCUT2D eigenvalue weighted by atomic mass is 10.2. The molecule has 0 saturated heterocycles. The molecule has 12 heteroatoms. The van der Waals surface area contributed by atoms with E-state index in [-0.39, 0.29) is 32.6 Å².